The SMILES string of the molecule is CSCC[C@H](NC(=O)c1ccc(NC(=O)Cc2cscn2)cc1-c1ccccc1)C(=O)O. The van der Waals surface area contributed by atoms with Gasteiger partial charge in [-0.2, -0.15) is 11.8 Å². The Morgan fingerprint density at radius 1 is 1.16 bits per heavy atom. The number of thiazole rings is 1. The lowest BCUT2D eigenvalue weighted by Gasteiger charge is -2.17. The van der Waals surface area contributed by atoms with E-state index in [2.05, 4.69) is 15.6 Å². The van der Waals surface area contributed by atoms with E-state index in [1.54, 1.807) is 23.7 Å². The number of carboxylic acid groups (broad SMARTS) is 1. The quantitative estimate of drug-likeness (QED) is 0.415. The smallest absolute Gasteiger partial charge is 0.326 e. The summed E-state index contributed by atoms with van der Waals surface area (Å²) in [5, 5.41) is 16.7. The summed E-state index contributed by atoms with van der Waals surface area (Å²) in [5.41, 5.74) is 4.62. The van der Waals surface area contributed by atoms with Crippen LogP contribution in [0.4, 0.5) is 5.69 Å². The molecule has 1 heterocycles. The van der Waals surface area contributed by atoms with Crippen LogP contribution in [0.25, 0.3) is 11.1 Å². The van der Waals surface area contributed by atoms with Crippen molar-refractivity contribution in [2.45, 2.75) is 18.9 Å². The molecule has 32 heavy (non-hydrogen) atoms. The van der Waals surface area contributed by atoms with Crippen LogP contribution >= 0.6 is 23.1 Å². The molecule has 0 bridgehead atoms. The van der Waals surface area contributed by atoms with Gasteiger partial charge in [-0.15, -0.1) is 11.3 Å². The number of aliphatic carboxylic acids is 1. The number of thioether (sulfide) groups is 1. The van der Waals surface area contributed by atoms with E-state index in [0.29, 0.717) is 34.7 Å². The molecule has 1 aromatic heterocycles. The van der Waals surface area contributed by atoms with Gasteiger partial charge in [0, 0.05) is 16.6 Å². The van der Waals surface area contributed by atoms with Gasteiger partial charge in [0.15, 0.2) is 0 Å². The van der Waals surface area contributed by atoms with Crippen LogP contribution in [0, 0.1) is 0 Å². The van der Waals surface area contributed by atoms with E-state index in [9.17, 15) is 19.5 Å². The Balaban J connectivity index is 1.86. The zero-order valence-electron chi connectivity index (χ0n) is 17.4. The van der Waals surface area contributed by atoms with Gasteiger partial charge in [-0.3, -0.25) is 9.59 Å². The third-order valence-corrected chi connectivity index (χ3v) is 5.95. The number of rotatable bonds is 10. The topological polar surface area (TPSA) is 108 Å². The van der Waals surface area contributed by atoms with Gasteiger partial charge in [0.1, 0.15) is 6.04 Å². The standard InChI is InChI=1S/C23H23N3O4S2/c1-31-10-9-20(23(29)30)26-22(28)18-8-7-16(11-19(18)15-5-3-2-4-6-15)25-21(27)12-17-13-32-14-24-17/h2-8,11,13-14,20H,9-10,12H2,1H3,(H,25,27)(H,26,28)(H,29,30)/t20-/m0/s1. The van der Waals surface area contributed by atoms with E-state index in [4.69, 9.17) is 0 Å². The van der Waals surface area contributed by atoms with Crippen LogP contribution in [0.5, 0.6) is 0 Å². The van der Waals surface area contributed by atoms with Gasteiger partial charge in [-0.1, -0.05) is 30.3 Å². The second-order valence-electron chi connectivity index (χ2n) is 6.98. The molecule has 9 heteroatoms. The second-order valence-corrected chi connectivity index (χ2v) is 8.68. The number of hydrogen-bond donors (Lipinski definition) is 3. The van der Waals surface area contributed by atoms with Crippen molar-refractivity contribution in [1.82, 2.24) is 10.3 Å². The molecule has 166 valence electrons. The monoisotopic (exact) mass is 469 g/mol. The molecule has 2 amide bonds. The normalized spacial score (nSPS) is 11.5. The number of nitrogens with one attached hydrogen (secondary N) is 2. The van der Waals surface area contributed by atoms with Gasteiger partial charge in [0.25, 0.3) is 5.91 Å². The van der Waals surface area contributed by atoms with Crippen molar-refractivity contribution in [3.05, 3.63) is 70.7 Å². The van der Waals surface area contributed by atoms with Gasteiger partial charge in [0.2, 0.25) is 5.91 Å². The molecule has 3 aromatic rings. The summed E-state index contributed by atoms with van der Waals surface area (Å²) < 4.78 is 0. The number of carboxylic acids is 1. The first-order chi connectivity index (χ1) is 15.5. The average molecular weight is 470 g/mol. The maximum absolute atomic E-state index is 13.0. The van der Waals surface area contributed by atoms with Gasteiger partial charge in [-0.05, 0) is 47.8 Å². The van der Waals surface area contributed by atoms with Crippen LogP contribution in [0.1, 0.15) is 22.5 Å². The fraction of sp³-hybridized carbons (Fsp3) is 0.217. The number of benzene rings is 2. The van der Waals surface area contributed by atoms with E-state index in [0.717, 1.165) is 5.56 Å². The van der Waals surface area contributed by atoms with Crippen molar-refractivity contribution in [3.63, 3.8) is 0 Å². The number of aromatic nitrogens is 1. The van der Waals surface area contributed by atoms with Crippen LogP contribution in [0.3, 0.4) is 0 Å². The fourth-order valence-electron chi connectivity index (χ4n) is 3.10. The lowest BCUT2D eigenvalue weighted by atomic mass is 9.98. The largest absolute Gasteiger partial charge is 0.480 e. The van der Waals surface area contributed by atoms with E-state index in [1.807, 2.05) is 42.0 Å². The van der Waals surface area contributed by atoms with Crippen molar-refractivity contribution >= 4 is 46.6 Å². The summed E-state index contributed by atoms with van der Waals surface area (Å²) >= 11 is 2.95. The summed E-state index contributed by atoms with van der Waals surface area (Å²) in [6.07, 6.45) is 2.37. The van der Waals surface area contributed by atoms with Crippen molar-refractivity contribution in [1.29, 1.82) is 0 Å². The van der Waals surface area contributed by atoms with E-state index in [1.165, 1.54) is 23.1 Å². The predicted molar refractivity (Wildman–Crippen MR) is 128 cm³/mol. The van der Waals surface area contributed by atoms with Crippen LogP contribution in [-0.4, -0.2) is 45.9 Å². The zero-order valence-corrected chi connectivity index (χ0v) is 19.0. The lowest BCUT2D eigenvalue weighted by molar-refractivity contribution is -0.139. The molecule has 0 aliphatic heterocycles. The number of carbonyl (C=O) groups is 3. The molecule has 7 nitrogen and oxygen atoms in total. The highest BCUT2D eigenvalue weighted by Gasteiger charge is 2.22. The second kappa shape index (κ2) is 11.4. The summed E-state index contributed by atoms with van der Waals surface area (Å²) in [6, 6.07) is 13.3. The van der Waals surface area contributed by atoms with E-state index >= 15 is 0 Å². The van der Waals surface area contributed by atoms with Crippen molar-refractivity contribution in [2.75, 3.05) is 17.3 Å². The minimum Gasteiger partial charge on any atom is -0.480 e. The highest BCUT2D eigenvalue weighted by Crippen LogP contribution is 2.27. The highest BCUT2D eigenvalue weighted by atomic mass is 32.2. The predicted octanol–water partition coefficient (Wildman–Crippen LogP) is 3.93. The van der Waals surface area contributed by atoms with Crippen LogP contribution in [0.2, 0.25) is 0 Å². The Morgan fingerprint density at radius 3 is 2.59 bits per heavy atom. The van der Waals surface area contributed by atoms with E-state index < -0.39 is 17.9 Å². The molecule has 0 saturated carbocycles. The van der Waals surface area contributed by atoms with Gasteiger partial charge in [-0.25, -0.2) is 9.78 Å². The molecule has 0 unspecified atom stereocenters. The van der Waals surface area contributed by atoms with Crippen LogP contribution < -0.4 is 10.6 Å². The van der Waals surface area contributed by atoms with Crippen molar-refractivity contribution in [3.8, 4) is 11.1 Å². The molecule has 0 fully saturated rings. The summed E-state index contributed by atoms with van der Waals surface area (Å²) in [5.74, 6) is -1.14. The molecule has 0 aliphatic carbocycles. The Kier molecular flexibility index (Phi) is 8.41. The summed E-state index contributed by atoms with van der Waals surface area (Å²) in [6.45, 7) is 0. The molecule has 0 radical (unpaired) electrons. The first-order valence-electron chi connectivity index (χ1n) is 9.87. The lowest BCUT2D eigenvalue weighted by Crippen LogP contribution is -2.41. The van der Waals surface area contributed by atoms with Gasteiger partial charge < -0.3 is 15.7 Å². The van der Waals surface area contributed by atoms with Crippen LogP contribution in [0.15, 0.2) is 59.4 Å². The molecular weight excluding hydrogens is 446 g/mol. The van der Waals surface area contributed by atoms with E-state index in [-0.39, 0.29) is 12.3 Å². The molecule has 0 spiro atoms. The molecule has 1 atom stereocenters. The molecule has 3 rings (SSSR count). The number of carbonyl (C=O) groups excluding carboxylic acids is 2. The zero-order chi connectivity index (χ0) is 22.9. The molecule has 0 aliphatic rings. The highest BCUT2D eigenvalue weighted by molar-refractivity contribution is 7.98. The van der Waals surface area contributed by atoms with Gasteiger partial charge in [0.05, 0.1) is 17.6 Å². The Bertz CT molecular complexity index is 1070. The minimum absolute atomic E-state index is 0.155. The van der Waals surface area contributed by atoms with Crippen LogP contribution in [-0.2, 0) is 16.0 Å². The number of anilines is 1. The first kappa shape index (κ1) is 23.5. The molecular formula is C23H23N3O4S2. The minimum atomic E-state index is -1.07. The fourth-order valence-corrected chi connectivity index (χ4v) is 4.13. The molecule has 2 aromatic carbocycles. The average Bonchev–Trinajstić information content (AvgIpc) is 3.29. The Hall–Kier alpha value is -3.17. The number of amides is 2. The first-order valence-corrected chi connectivity index (χ1v) is 12.2. The third kappa shape index (κ3) is 6.41. The van der Waals surface area contributed by atoms with Crippen molar-refractivity contribution in [2.24, 2.45) is 0 Å². The summed E-state index contributed by atoms with van der Waals surface area (Å²) in [7, 11) is 0. The Morgan fingerprint density at radius 2 is 1.94 bits per heavy atom. The molecule has 0 saturated heterocycles. The third-order valence-electron chi connectivity index (χ3n) is 4.67. The number of hydrogen-bond acceptors (Lipinski definition) is 6. The summed E-state index contributed by atoms with van der Waals surface area (Å²) in [4.78, 5) is 41.0. The maximum atomic E-state index is 13.0. The van der Waals surface area contributed by atoms with Crippen molar-refractivity contribution < 1.29 is 19.5 Å². The van der Waals surface area contributed by atoms with Gasteiger partial charge >= 0.3 is 5.97 Å². The Labute approximate surface area is 194 Å². The molecule has 3 N–H and O–H groups in total. The number of nitrogens with zero attached hydrogens (tertiary/aromatic N) is 1. The maximum Gasteiger partial charge on any atom is 0.326 e.